The zero-order chi connectivity index (χ0) is 13.7. The van der Waals surface area contributed by atoms with Crippen molar-refractivity contribution in [1.82, 2.24) is 10.2 Å². The monoisotopic (exact) mass is 260 g/mol. The van der Waals surface area contributed by atoms with Crippen LogP contribution < -0.4 is 5.32 Å². The van der Waals surface area contributed by atoms with E-state index < -0.39 is 0 Å². The van der Waals surface area contributed by atoms with Gasteiger partial charge in [-0.25, -0.2) is 0 Å². The third-order valence-corrected chi connectivity index (χ3v) is 3.97. The summed E-state index contributed by atoms with van der Waals surface area (Å²) in [6, 6.07) is 7.94. The van der Waals surface area contributed by atoms with Gasteiger partial charge in [0.1, 0.15) is 0 Å². The van der Waals surface area contributed by atoms with Gasteiger partial charge in [-0.05, 0) is 49.9 Å². The second-order valence-electron chi connectivity index (χ2n) is 5.39. The van der Waals surface area contributed by atoms with Crippen molar-refractivity contribution < 1.29 is 4.79 Å². The molecule has 1 amide bonds. The second-order valence-corrected chi connectivity index (χ2v) is 5.39. The largest absolute Gasteiger partial charge is 0.341 e. The highest BCUT2D eigenvalue weighted by Crippen LogP contribution is 2.16. The van der Waals surface area contributed by atoms with Crippen molar-refractivity contribution in [3.8, 4) is 0 Å². The summed E-state index contributed by atoms with van der Waals surface area (Å²) in [7, 11) is 1.93. The Morgan fingerprint density at radius 1 is 1.32 bits per heavy atom. The van der Waals surface area contributed by atoms with Crippen molar-refractivity contribution in [2.24, 2.45) is 5.92 Å². The fourth-order valence-corrected chi connectivity index (χ4v) is 2.78. The molecule has 3 nitrogen and oxygen atoms in total. The first-order chi connectivity index (χ1) is 9.22. The van der Waals surface area contributed by atoms with Crippen LogP contribution in [-0.4, -0.2) is 37.5 Å². The molecule has 0 aromatic heterocycles. The predicted octanol–water partition coefficient (Wildman–Crippen LogP) is 2.32. The topological polar surface area (TPSA) is 32.3 Å². The molecule has 0 bridgehead atoms. The van der Waals surface area contributed by atoms with E-state index in [0.717, 1.165) is 37.2 Å². The van der Waals surface area contributed by atoms with Crippen LogP contribution in [0, 0.1) is 5.92 Å². The number of aryl methyl sites for hydroxylation is 1. The Morgan fingerprint density at radius 2 is 2.00 bits per heavy atom. The van der Waals surface area contributed by atoms with Crippen LogP contribution in [0.25, 0.3) is 0 Å². The lowest BCUT2D eigenvalue weighted by Gasteiger charge is -2.28. The van der Waals surface area contributed by atoms with Crippen molar-refractivity contribution in [3.63, 3.8) is 0 Å². The van der Waals surface area contributed by atoms with Crippen LogP contribution in [-0.2, 0) is 6.42 Å². The number of carbonyl (C=O) groups excluding carboxylic acids is 1. The highest BCUT2D eigenvalue weighted by Gasteiger charge is 2.20. The Morgan fingerprint density at radius 3 is 2.68 bits per heavy atom. The van der Waals surface area contributed by atoms with Crippen molar-refractivity contribution in [2.75, 3.05) is 26.7 Å². The van der Waals surface area contributed by atoms with E-state index in [0.29, 0.717) is 5.92 Å². The zero-order valence-corrected chi connectivity index (χ0v) is 12.0. The quantitative estimate of drug-likeness (QED) is 0.901. The minimum absolute atomic E-state index is 0.163. The van der Waals surface area contributed by atoms with Gasteiger partial charge in [0.25, 0.3) is 5.91 Å². The SMILES string of the molecule is CCc1ccccc1C(=O)N(C)CC1CCNCC1. The van der Waals surface area contributed by atoms with E-state index >= 15 is 0 Å². The smallest absolute Gasteiger partial charge is 0.253 e. The molecule has 1 heterocycles. The van der Waals surface area contributed by atoms with Gasteiger partial charge in [-0.3, -0.25) is 4.79 Å². The van der Waals surface area contributed by atoms with Crippen LogP contribution in [0.4, 0.5) is 0 Å². The molecule has 3 heteroatoms. The van der Waals surface area contributed by atoms with Crippen molar-refractivity contribution in [2.45, 2.75) is 26.2 Å². The van der Waals surface area contributed by atoms with E-state index in [4.69, 9.17) is 0 Å². The summed E-state index contributed by atoms with van der Waals surface area (Å²) in [5, 5.41) is 3.36. The summed E-state index contributed by atoms with van der Waals surface area (Å²) in [6.07, 6.45) is 3.25. The van der Waals surface area contributed by atoms with Gasteiger partial charge in [0.15, 0.2) is 0 Å². The minimum Gasteiger partial charge on any atom is -0.341 e. The van der Waals surface area contributed by atoms with Crippen molar-refractivity contribution >= 4 is 5.91 Å². The Hall–Kier alpha value is -1.35. The maximum Gasteiger partial charge on any atom is 0.253 e. The van der Waals surface area contributed by atoms with E-state index in [1.165, 1.54) is 12.8 Å². The summed E-state index contributed by atoms with van der Waals surface area (Å²) >= 11 is 0. The Balaban J connectivity index is 2.01. The number of nitrogens with one attached hydrogen (secondary N) is 1. The normalized spacial score (nSPS) is 16.3. The molecule has 1 aromatic rings. The Labute approximate surface area is 116 Å². The lowest BCUT2D eigenvalue weighted by molar-refractivity contribution is 0.0761. The third-order valence-electron chi connectivity index (χ3n) is 3.97. The van der Waals surface area contributed by atoms with Crippen LogP contribution in [0.3, 0.4) is 0 Å². The molecule has 0 atom stereocenters. The van der Waals surface area contributed by atoms with Crippen LogP contribution in [0.2, 0.25) is 0 Å². The molecule has 1 saturated heterocycles. The van der Waals surface area contributed by atoms with E-state index in [1.807, 2.05) is 36.2 Å². The Kier molecular flexibility index (Phi) is 4.97. The molecular formula is C16H24N2O. The molecule has 1 N–H and O–H groups in total. The first-order valence-corrected chi connectivity index (χ1v) is 7.26. The number of hydrogen-bond donors (Lipinski definition) is 1. The predicted molar refractivity (Wildman–Crippen MR) is 78.4 cm³/mol. The Bertz CT molecular complexity index is 425. The van der Waals surface area contributed by atoms with Gasteiger partial charge < -0.3 is 10.2 Å². The van der Waals surface area contributed by atoms with E-state index in [2.05, 4.69) is 12.2 Å². The summed E-state index contributed by atoms with van der Waals surface area (Å²) in [4.78, 5) is 14.4. The van der Waals surface area contributed by atoms with Crippen molar-refractivity contribution in [1.29, 1.82) is 0 Å². The van der Waals surface area contributed by atoms with E-state index in [-0.39, 0.29) is 5.91 Å². The summed E-state index contributed by atoms with van der Waals surface area (Å²) in [6.45, 7) is 5.13. The number of benzene rings is 1. The second kappa shape index (κ2) is 6.71. The summed E-state index contributed by atoms with van der Waals surface area (Å²) in [5.74, 6) is 0.806. The number of rotatable bonds is 4. The van der Waals surface area contributed by atoms with Gasteiger partial charge in [0, 0.05) is 19.2 Å². The molecule has 2 rings (SSSR count). The van der Waals surface area contributed by atoms with Gasteiger partial charge in [-0.1, -0.05) is 25.1 Å². The first-order valence-electron chi connectivity index (χ1n) is 7.26. The average molecular weight is 260 g/mol. The van der Waals surface area contributed by atoms with Crippen molar-refractivity contribution in [3.05, 3.63) is 35.4 Å². The molecule has 0 radical (unpaired) electrons. The molecule has 104 valence electrons. The lowest BCUT2D eigenvalue weighted by Crippen LogP contribution is -2.37. The lowest BCUT2D eigenvalue weighted by atomic mass is 9.97. The highest BCUT2D eigenvalue weighted by molar-refractivity contribution is 5.95. The molecule has 1 aromatic carbocycles. The molecule has 0 unspecified atom stereocenters. The van der Waals surface area contributed by atoms with E-state index in [9.17, 15) is 4.79 Å². The fourth-order valence-electron chi connectivity index (χ4n) is 2.78. The molecule has 1 fully saturated rings. The number of amides is 1. The molecule has 1 aliphatic rings. The third kappa shape index (κ3) is 3.57. The van der Waals surface area contributed by atoms with Crippen LogP contribution in [0.5, 0.6) is 0 Å². The molecule has 0 aliphatic carbocycles. The van der Waals surface area contributed by atoms with E-state index in [1.54, 1.807) is 0 Å². The van der Waals surface area contributed by atoms with Crippen LogP contribution in [0.1, 0.15) is 35.7 Å². The number of piperidine rings is 1. The van der Waals surface area contributed by atoms with Gasteiger partial charge in [-0.15, -0.1) is 0 Å². The van der Waals surface area contributed by atoms with Crippen LogP contribution in [0.15, 0.2) is 24.3 Å². The summed E-state index contributed by atoms with van der Waals surface area (Å²) in [5.41, 5.74) is 2.01. The number of hydrogen-bond acceptors (Lipinski definition) is 2. The summed E-state index contributed by atoms with van der Waals surface area (Å²) < 4.78 is 0. The standard InChI is InChI=1S/C16H24N2O/c1-3-14-6-4-5-7-15(14)16(19)18(2)12-13-8-10-17-11-9-13/h4-7,13,17H,3,8-12H2,1-2H3. The fraction of sp³-hybridized carbons (Fsp3) is 0.562. The first kappa shape index (κ1) is 14.1. The minimum atomic E-state index is 0.163. The highest BCUT2D eigenvalue weighted by atomic mass is 16.2. The zero-order valence-electron chi connectivity index (χ0n) is 12.0. The number of carbonyl (C=O) groups is 1. The molecule has 0 spiro atoms. The maximum absolute atomic E-state index is 12.5. The van der Waals surface area contributed by atoms with Gasteiger partial charge in [0.05, 0.1) is 0 Å². The molecule has 0 saturated carbocycles. The average Bonchev–Trinajstić information content (AvgIpc) is 2.47. The number of nitrogens with zero attached hydrogens (tertiary/aromatic N) is 1. The molecule has 19 heavy (non-hydrogen) atoms. The molecular weight excluding hydrogens is 236 g/mol. The van der Waals surface area contributed by atoms with Gasteiger partial charge in [0.2, 0.25) is 0 Å². The van der Waals surface area contributed by atoms with Crippen LogP contribution >= 0.6 is 0 Å². The molecule has 1 aliphatic heterocycles. The van der Waals surface area contributed by atoms with Gasteiger partial charge >= 0.3 is 0 Å². The van der Waals surface area contributed by atoms with Gasteiger partial charge in [-0.2, -0.15) is 0 Å². The maximum atomic E-state index is 12.5.